The number of hydrogen-bond acceptors (Lipinski definition) is 4. The van der Waals surface area contributed by atoms with Crippen molar-refractivity contribution in [2.75, 3.05) is 12.4 Å². The first-order valence-electron chi connectivity index (χ1n) is 5.81. The number of rotatable bonds is 1. The van der Waals surface area contributed by atoms with Crippen LogP contribution >= 0.6 is 0 Å². The molecule has 18 heavy (non-hydrogen) atoms. The lowest BCUT2D eigenvalue weighted by Gasteiger charge is -2.38. The van der Waals surface area contributed by atoms with Gasteiger partial charge in [0.2, 0.25) is 0 Å². The molecule has 5 heteroatoms. The summed E-state index contributed by atoms with van der Waals surface area (Å²) < 4.78 is 13.5. The lowest BCUT2D eigenvalue weighted by molar-refractivity contribution is 0.490. The Balaban J connectivity index is 2.77. The molecule has 0 spiro atoms. The van der Waals surface area contributed by atoms with Crippen LogP contribution < -0.4 is 16.9 Å². The summed E-state index contributed by atoms with van der Waals surface area (Å²) in [7, 11) is 1.73. The van der Waals surface area contributed by atoms with Crippen molar-refractivity contribution >= 4 is 11.4 Å². The van der Waals surface area contributed by atoms with Crippen LogP contribution in [0, 0.1) is 12.7 Å². The van der Waals surface area contributed by atoms with E-state index in [-0.39, 0.29) is 5.82 Å². The van der Waals surface area contributed by atoms with Crippen LogP contribution in [-0.4, -0.2) is 17.6 Å². The molecular formula is C13H19FN4. The van der Waals surface area contributed by atoms with E-state index in [9.17, 15) is 4.39 Å². The minimum atomic E-state index is -0.462. The SMILES string of the molecule is Cc1cc(F)cc2c1C(N(C)N)=C(N)C(C)(C)N2. The largest absolute Gasteiger partial charge is 0.398 e. The highest BCUT2D eigenvalue weighted by molar-refractivity contribution is 5.84. The van der Waals surface area contributed by atoms with Crippen molar-refractivity contribution < 1.29 is 4.39 Å². The monoisotopic (exact) mass is 250 g/mol. The molecule has 0 bridgehead atoms. The second-order valence-electron chi connectivity index (χ2n) is 5.27. The summed E-state index contributed by atoms with van der Waals surface area (Å²) in [5, 5.41) is 4.74. The second-order valence-corrected chi connectivity index (χ2v) is 5.27. The minimum absolute atomic E-state index is 0.269. The molecular weight excluding hydrogens is 231 g/mol. The molecule has 4 nitrogen and oxygen atoms in total. The van der Waals surface area contributed by atoms with Crippen molar-refractivity contribution in [2.24, 2.45) is 11.6 Å². The lowest BCUT2D eigenvalue weighted by Crippen LogP contribution is -2.44. The van der Waals surface area contributed by atoms with E-state index in [4.69, 9.17) is 11.6 Å². The third-order valence-electron chi connectivity index (χ3n) is 3.27. The van der Waals surface area contributed by atoms with Gasteiger partial charge in [-0.05, 0) is 38.5 Å². The van der Waals surface area contributed by atoms with Crippen molar-refractivity contribution in [3.05, 3.63) is 34.8 Å². The molecule has 2 rings (SSSR count). The Hall–Kier alpha value is -1.75. The van der Waals surface area contributed by atoms with Crippen molar-refractivity contribution in [3.63, 3.8) is 0 Å². The molecule has 0 radical (unpaired) electrons. The number of hydrogen-bond donors (Lipinski definition) is 3. The van der Waals surface area contributed by atoms with Gasteiger partial charge in [0.1, 0.15) is 5.82 Å². The maximum absolute atomic E-state index is 13.5. The molecule has 0 fully saturated rings. The number of nitrogens with one attached hydrogen (secondary N) is 1. The number of aryl methyl sites for hydroxylation is 1. The molecule has 1 aromatic rings. The second kappa shape index (κ2) is 3.88. The van der Waals surface area contributed by atoms with Gasteiger partial charge in [0.05, 0.1) is 16.9 Å². The summed E-state index contributed by atoms with van der Waals surface area (Å²) in [6, 6.07) is 2.95. The van der Waals surface area contributed by atoms with E-state index in [2.05, 4.69) is 5.32 Å². The summed E-state index contributed by atoms with van der Waals surface area (Å²) in [6.45, 7) is 5.72. The van der Waals surface area contributed by atoms with E-state index in [0.29, 0.717) is 5.70 Å². The molecule has 0 saturated heterocycles. The molecule has 0 saturated carbocycles. The van der Waals surface area contributed by atoms with Gasteiger partial charge in [0.15, 0.2) is 0 Å². The van der Waals surface area contributed by atoms with Crippen LogP contribution in [-0.2, 0) is 0 Å². The Bertz CT molecular complexity index is 532. The zero-order chi connectivity index (χ0) is 13.7. The molecule has 0 aliphatic carbocycles. The van der Waals surface area contributed by atoms with E-state index in [0.717, 1.165) is 22.5 Å². The smallest absolute Gasteiger partial charge is 0.125 e. The number of halogens is 1. The number of fused-ring (bicyclic) bond motifs is 1. The molecule has 98 valence electrons. The van der Waals surface area contributed by atoms with Gasteiger partial charge in [-0.15, -0.1) is 0 Å². The predicted octanol–water partition coefficient (Wildman–Crippen LogP) is 1.77. The van der Waals surface area contributed by atoms with Gasteiger partial charge >= 0.3 is 0 Å². The molecule has 0 atom stereocenters. The Kier molecular flexibility index (Phi) is 2.74. The fourth-order valence-corrected chi connectivity index (χ4v) is 2.36. The molecule has 1 aliphatic rings. The van der Waals surface area contributed by atoms with Gasteiger partial charge < -0.3 is 16.1 Å². The average molecular weight is 250 g/mol. The molecule has 1 aromatic carbocycles. The van der Waals surface area contributed by atoms with E-state index in [1.165, 1.54) is 17.1 Å². The van der Waals surface area contributed by atoms with E-state index in [1.807, 2.05) is 20.8 Å². The summed E-state index contributed by atoms with van der Waals surface area (Å²) in [4.78, 5) is 0. The summed E-state index contributed by atoms with van der Waals surface area (Å²) >= 11 is 0. The fourth-order valence-electron chi connectivity index (χ4n) is 2.36. The Morgan fingerprint density at radius 1 is 1.33 bits per heavy atom. The average Bonchev–Trinajstić information content (AvgIpc) is 2.19. The van der Waals surface area contributed by atoms with Crippen molar-refractivity contribution in [1.82, 2.24) is 5.01 Å². The first kappa shape index (κ1) is 12.7. The molecule has 5 N–H and O–H groups in total. The number of nitrogens with zero attached hydrogens (tertiary/aromatic N) is 1. The highest BCUT2D eigenvalue weighted by Crippen LogP contribution is 2.39. The Morgan fingerprint density at radius 3 is 2.50 bits per heavy atom. The maximum atomic E-state index is 13.5. The Labute approximate surface area is 106 Å². The fraction of sp³-hybridized carbons (Fsp3) is 0.385. The van der Waals surface area contributed by atoms with Crippen molar-refractivity contribution in [1.29, 1.82) is 0 Å². The van der Waals surface area contributed by atoms with Gasteiger partial charge in [0, 0.05) is 18.3 Å². The van der Waals surface area contributed by atoms with Gasteiger partial charge in [-0.1, -0.05) is 0 Å². The number of nitrogens with two attached hydrogens (primary N) is 2. The van der Waals surface area contributed by atoms with Gasteiger partial charge in [-0.2, -0.15) is 0 Å². The Morgan fingerprint density at radius 2 is 1.94 bits per heavy atom. The summed E-state index contributed by atoms with van der Waals surface area (Å²) in [6.07, 6.45) is 0. The van der Waals surface area contributed by atoms with Crippen LogP contribution in [0.5, 0.6) is 0 Å². The van der Waals surface area contributed by atoms with Crippen LogP contribution in [0.1, 0.15) is 25.0 Å². The maximum Gasteiger partial charge on any atom is 0.125 e. The highest BCUT2D eigenvalue weighted by Gasteiger charge is 2.33. The van der Waals surface area contributed by atoms with Gasteiger partial charge in [-0.25, -0.2) is 10.2 Å². The van der Waals surface area contributed by atoms with E-state index < -0.39 is 5.54 Å². The molecule has 1 aliphatic heterocycles. The van der Waals surface area contributed by atoms with Crippen LogP contribution in [0.2, 0.25) is 0 Å². The standard InChI is InChI=1S/C13H19FN4/c1-7-5-8(14)6-9-10(7)11(18(4)16)12(15)13(2,3)17-9/h5-6,17H,15-16H2,1-4H3. The number of anilines is 1. The van der Waals surface area contributed by atoms with Crippen LogP contribution in [0.15, 0.2) is 17.8 Å². The highest BCUT2D eigenvalue weighted by atomic mass is 19.1. The molecule has 1 heterocycles. The van der Waals surface area contributed by atoms with Crippen molar-refractivity contribution in [3.8, 4) is 0 Å². The molecule has 0 aromatic heterocycles. The van der Waals surface area contributed by atoms with Crippen molar-refractivity contribution in [2.45, 2.75) is 26.3 Å². The van der Waals surface area contributed by atoms with Crippen LogP contribution in [0.3, 0.4) is 0 Å². The van der Waals surface area contributed by atoms with E-state index >= 15 is 0 Å². The third kappa shape index (κ3) is 1.80. The topological polar surface area (TPSA) is 67.3 Å². The third-order valence-corrected chi connectivity index (χ3v) is 3.27. The number of benzene rings is 1. The predicted molar refractivity (Wildman–Crippen MR) is 71.9 cm³/mol. The van der Waals surface area contributed by atoms with Crippen LogP contribution in [0.4, 0.5) is 10.1 Å². The molecule has 0 unspecified atom stereocenters. The van der Waals surface area contributed by atoms with Crippen LogP contribution in [0.25, 0.3) is 5.70 Å². The van der Waals surface area contributed by atoms with Gasteiger partial charge in [0.25, 0.3) is 0 Å². The normalized spacial score (nSPS) is 17.2. The van der Waals surface area contributed by atoms with E-state index in [1.54, 1.807) is 7.05 Å². The first-order valence-corrected chi connectivity index (χ1v) is 5.81. The van der Waals surface area contributed by atoms with Gasteiger partial charge in [-0.3, -0.25) is 0 Å². The first-order chi connectivity index (χ1) is 8.24. The number of hydrazine groups is 1. The summed E-state index contributed by atoms with van der Waals surface area (Å²) in [5.41, 5.74) is 9.50. The lowest BCUT2D eigenvalue weighted by atomic mass is 9.88. The zero-order valence-electron chi connectivity index (χ0n) is 11.1. The molecule has 0 amide bonds. The summed E-state index contributed by atoms with van der Waals surface area (Å²) in [5.74, 6) is 5.60. The zero-order valence-corrected chi connectivity index (χ0v) is 11.1. The quantitative estimate of drug-likeness (QED) is 0.525. The minimum Gasteiger partial charge on any atom is -0.398 e.